The minimum atomic E-state index is -0.703. The largest absolute Gasteiger partial charge is 0.425 e. The van der Waals surface area contributed by atoms with Crippen molar-refractivity contribution in [3.05, 3.63) is 42.2 Å². The highest BCUT2D eigenvalue weighted by Crippen LogP contribution is 2.27. The summed E-state index contributed by atoms with van der Waals surface area (Å²) in [6.07, 6.45) is 8.36. The van der Waals surface area contributed by atoms with Gasteiger partial charge in [-0.2, -0.15) is 0 Å². The van der Waals surface area contributed by atoms with Gasteiger partial charge in [-0.15, -0.1) is 11.6 Å². The van der Waals surface area contributed by atoms with Crippen LogP contribution in [-0.4, -0.2) is 21.3 Å². The molecule has 1 aromatic heterocycles. The third kappa shape index (κ3) is 5.80. The van der Waals surface area contributed by atoms with Crippen molar-refractivity contribution in [2.45, 2.75) is 58.8 Å². The zero-order valence-corrected chi connectivity index (χ0v) is 16.7. The predicted octanol–water partition coefficient (Wildman–Crippen LogP) is 5.44. The van der Waals surface area contributed by atoms with Crippen LogP contribution in [-0.2, 0) is 11.2 Å². The van der Waals surface area contributed by atoms with E-state index in [9.17, 15) is 4.79 Å². The number of hydrogen-bond acceptors (Lipinski definition) is 4. The number of aryl methyl sites for hydroxylation is 1. The molecule has 26 heavy (non-hydrogen) atoms. The molecule has 0 amide bonds. The Kier molecular flexibility index (Phi) is 7.15. The first-order valence-electron chi connectivity index (χ1n) is 9.08. The van der Waals surface area contributed by atoms with Crippen molar-refractivity contribution in [3.63, 3.8) is 0 Å². The van der Waals surface area contributed by atoms with Gasteiger partial charge in [-0.1, -0.05) is 40.5 Å². The molecule has 0 fully saturated rings. The molecule has 0 bridgehead atoms. The summed E-state index contributed by atoms with van der Waals surface area (Å²) in [6, 6.07) is 7.15. The number of hydrogen-bond donors (Lipinski definition) is 0. The van der Waals surface area contributed by atoms with Crippen molar-refractivity contribution in [3.8, 4) is 17.1 Å². The second kappa shape index (κ2) is 9.13. The molecule has 0 saturated heterocycles. The monoisotopic (exact) mass is 374 g/mol. The van der Waals surface area contributed by atoms with E-state index in [1.165, 1.54) is 12.8 Å². The van der Waals surface area contributed by atoms with Crippen molar-refractivity contribution in [1.82, 2.24) is 9.97 Å². The van der Waals surface area contributed by atoms with Crippen molar-refractivity contribution in [2.75, 3.05) is 0 Å². The molecule has 4 nitrogen and oxygen atoms in total. The molecule has 0 radical (unpaired) electrons. The van der Waals surface area contributed by atoms with Crippen LogP contribution in [0, 0.1) is 5.41 Å². The molecule has 2 rings (SSSR count). The van der Waals surface area contributed by atoms with Crippen LogP contribution in [0.25, 0.3) is 11.4 Å². The van der Waals surface area contributed by atoms with Gasteiger partial charge < -0.3 is 4.74 Å². The number of aromatic nitrogens is 2. The van der Waals surface area contributed by atoms with Gasteiger partial charge in [-0.3, -0.25) is 4.79 Å². The van der Waals surface area contributed by atoms with Crippen LogP contribution < -0.4 is 4.74 Å². The van der Waals surface area contributed by atoms with E-state index in [4.69, 9.17) is 16.3 Å². The van der Waals surface area contributed by atoms with Crippen LogP contribution in [0.3, 0.4) is 0 Å². The summed E-state index contributed by atoms with van der Waals surface area (Å²) in [7, 11) is 0. The summed E-state index contributed by atoms with van der Waals surface area (Å²) in [5.74, 6) is 0.677. The first-order chi connectivity index (χ1) is 12.3. The van der Waals surface area contributed by atoms with Crippen molar-refractivity contribution >= 4 is 17.6 Å². The molecule has 0 aliphatic heterocycles. The van der Waals surface area contributed by atoms with E-state index in [2.05, 4.69) is 16.9 Å². The lowest BCUT2D eigenvalue weighted by molar-refractivity contribution is -0.135. The lowest BCUT2D eigenvalue weighted by Crippen LogP contribution is -2.32. The van der Waals surface area contributed by atoms with E-state index < -0.39 is 11.3 Å². The van der Waals surface area contributed by atoms with Gasteiger partial charge in [-0.05, 0) is 48.1 Å². The molecule has 2 aromatic rings. The van der Waals surface area contributed by atoms with Gasteiger partial charge in [0.1, 0.15) is 11.1 Å². The van der Waals surface area contributed by atoms with Crippen LogP contribution in [0.15, 0.2) is 36.7 Å². The number of carbonyl (C=O) groups is 1. The maximum atomic E-state index is 12.1. The van der Waals surface area contributed by atoms with Gasteiger partial charge in [0, 0.05) is 18.0 Å². The normalized spacial score (nSPS) is 12.7. The molecule has 1 unspecified atom stereocenters. The fraction of sp³-hybridized carbons (Fsp3) is 0.476. The summed E-state index contributed by atoms with van der Waals surface area (Å²) in [5, 5.41) is -0.703. The van der Waals surface area contributed by atoms with Crippen molar-refractivity contribution < 1.29 is 9.53 Å². The number of ether oxygens (including phenoxy) is 1. The summed E-state index contributed by atoms with van der Waals surface area (Å²) in [4.78, 5) is 21.0. The Bertz CT molecular complexity index is 706. The molecule has 0 aliphatic carbocycles. The first kappa shape index (κ1) is 20.4. The minimum Gasteiger partial charge on any atom is -0.425 e. The molecule has 0 saturated carbocycles. The minimum absolute atomic E-state index is 0.356. The number of rotatable bonds is 7. The second-order valence-corrected chi connectivity index (χ2v) is 7.98. The summed E-state index contributed by atoms with van der Waals surface area (Å²) < 4.78 is 5.36. The number of unbranched alkanes of at least 4 members (excludes halogenated alkanes) is 2. The zero-order chi connectivity index (χ0) is 19.2. The molecule has 0 aliphatic rings. The smallest absolute Gasteiger partial charge is 0.329 e. The van der Waals surface area contributed by atoms with E-state index in [0.29, 0.717) is 11.6 Å². The number of esters is 1. The Balaban J connectivity index is 1.99. The third-order valence-corrected chi connectivity index (χ3v) is 4.91. The van der Waals surface area contributed by atoms with Crippen LogP contribution in [0.5, 0.6) is 5.75 Å². The average Bonchev–Trinajstić information content (AvgIpc) is 2.62. The van der Waals surface area contributed by atoms with Crippen molar-refractivity contribution in [1.29, 1.82) is 0 Å². The Morgan fingerprint density at radius 3 is 2.27 bits per heavy atom. The van der Waals surface area contributed by atoms with E-state index in [1.54, 1.807) is 12.1 Å². The fourth-order valence-electron chi connectivity index (χ4n) is 2.41. The summed E-state index contributed by atoms with van der Waals surface area (Å²) >= 11 is 6.15. The van der Waals surface area contributed by atoms with Crippen LogP contribution in [0.4, 0.5) is 0 Å². The zero-order valence-electron chi connectivity index (χ0n) is 16.0. The number of carbonyl (C=O) groups excluding carboxylic acids is 1. The van der Waals surface area contributed by atoms with Crippen molar-refractivity contribution in [2.24, 2.45) is 5.41 Å². The third-order valence-electron chi connectivity index (χ3n) is 4.07. The number of nitrogens with zero attached hydrogens (tertiary/aromatic N) is 2. The lowest BCUT2D eigenvalue weighted by Gasteiger charge is -2.23. The van der Waals surface area contributed by atoms with Gasteiger partial charge in [0.15, 0.2) is 5.82 Å². The molecule has 1 atom stereocenters. The highest BCUT2D eigenvalue weighted by atomic mass is 35.5. The van der Waals surface area contributed by atoms with E-state index in [1.807, 2.05) is 45.3 Å². The molecule has 0 N–H and O–H groups in total. The molecule has 5 heteroatoms. The molecule has 0 spiro atoms. The maximum Gasteiger partial charge on any atom is 0.329 e. The van der Waals surface area contributed by atoms with Crippen LogP contribution in [0.2, 0.25) is 0 Å². The lowest BCUT2D eigenvalue weighted by atomic mass is 9.92. The number of halogens is 1. The Hall–Kier alpha value is -1.94. The standard InChI is InChI=1S/C21H27ClN2O2/c1-5-6-7-8-15-13-23-19(24-14-15)16-9-11-17(12-10-16)26-20(25)18(22)21(2,3)4/h9-14,18H,5-8H2,1-4H3. The van der Waals surface area contributed by atoms with Gasteiger partial charge >= 0.3 is 5.97 Å². The van der Waals surface area contributed by atoms with Gasteiger partial charge in [-0.25, -0.2) is 9.97 Å². The first-order valence-corrected chi connectivity index (χ1v) is 9.52. The Labute approximate surface area is 161 Å². The van der Waals surface area contributed by atoms with Crippen LogP contribution >= 0.6 is 11.6 Å². The van der Waals surface area contributed by atoms with E-state index in [-0.39, 0.29) is 5.41 Å². The Morgan fingerprint density at radius 2 is 1.73 bits per heavy atom. The van der Waals surface area contributed by atoms with Crippen LogP contribution in [0.1, 0.15) is 52.5 Å². The van der Waals surface area contributed by atoms with Gasteiger partial charge in [0.05, 0.1) is 0 Å². The second-order valence-electron chi connectivity index (χ2n) is 7.55. The highest BCUT2D eigenvalue weighted by molar-refractivity contribution is 6.30. The topological polar surface area (TPSA) is 52.1 Å². The van der Waals surface area contributed by atoms with Gasteiger partial charge in [0.25, 0.3) is 0 Å². The molecular formula is C21H27ClN2O2. The molecule has 1 aromatic carbocycles. The fourth-order valence-corrected chi connectivity index (χ4v) is 2.45. The van der Waals surface area contributed by atoms with E-state index >= 15 is 0 Å². The molecule has 140 valence electrons. The maximum absolute atomic E-state index is 12.1. The Morgan fingerprint density at radius 1 is 1.12 bits per heavy atom. The summed E-state index contributed by atoms with van der Waals surface area (Å²) in [6.45, 7) is 7.89. The molecule has 1 heterocycles. The quantitative estimate of drug-likeness (QED) is 0.280. The SMILES string of the molecule is CCCCCc1cnc(-c2ccc(OC(=O)C(Cl)C(C)(C)C)cc2)nc1. The summed E-state index contributed by atoms with van der Waals surface area (Å²) in [5.41, 5.74) is 1.68. The highest BCUT2D eigenvalue weighted by Gasteiger charge is 2.30. The number of benzene rings is 1. The average molecular weight is 375 g/mol. The predicted molar refractivity (Wildman–Crippen MR) is 105 cm³/mol. The van der Waals surface area contributed by atoms with E-state index in [0.717, 1.165) is 24.0 Å². The number of alkyl halides is 1. The van der Waals surface area contributed by atoms with Gasteiger partial charge in [0.2, 0.25) is 0 Å². The molecular weight excluding hydrogens is 348 g/mol.